The first-order valence-corrected chi connectivity index (χ1v) is 10.2. The molecule has 7 heteroatoms. The number of esters is 1. The van der Waals surface area contributed by atoms with E-state index in [9.17, 15) is 4.79 Å². The second kappa shape index (κ2) is 7.86. The van der Waals surface area contributed by atoms with E-state index in [1.54, 1.807) is 24.2 Å². The Kier molecular flexibility index (Phi) is 5.31. The Balaban J connectivity index is 1.30. The topological polar surface area (TPSA) is 67.3 Å². The van der Waals surface area contributed by atoms with Crippen molar-refractivity contribution >= 4 is 29.2 Å². The standard InChI is InChI=1S/C20H24N4O2S/c1-3-26-20(25)13(2)8-15-11-24(12-15)10-14-4-5-17-16(9-14)23-18-19(27-17)22-7-6-21-18/h4-7,9,13,15H,3,8,10-12H2,1-2H3,(H,21,23). The molecule has 1 unspecified atom stereocenters. The average molecular weight is 385 g/mol. The summed E-state index contributed by atoms with van der Waals surface area (Å²) in [7, 11) is 0. The molecule has 0 spiro atoms. The third-order valence-corrected chi connectivity index (χ3v) is 6.05. The number of carbonyl (C=O) groups excluding carboxylic acids is 1. The van der Waals surface area contributed by atoms with Crippen LogP contribution in [0.5, 0.6) is 0 Å². The first-order valence-electron chi connectivity index (χ1n) is 9.40. The van der Waals surface area contributed by atoms with Crippen molar-refractivity contribution in [2.45, 2.75) is 36.7 Å². The summed E-state index contributed by atoms with van der Waals surface area (Å²) in [6.07, 6.45) is 4.34. The highest BCUT2D eigenvalue weighted by Gasteiger charge is 2.30. The van der Waals surface area contributed by atoms with E-state index < -0.39 is 0 Å². The van der Waals surface area contributed by atoms with Crippen molar-refractivity contribution in [2.24, 2.45) is 11.8 Å². The van der Waals surface area contributed by atoms with Crippen molar-refractivity contribution in [1.82, 2.24) is 14.9 Å². The fourth-order valence-corrected chi connectivity index (χ4v) is 4.55. The van der Waals surface area contributed by atoms with Gasteiger partial charge in [0.25, 0.3) is 0 Å². The van der Waals surface area contributed by atoms with Gasteiger partial charge in [-0.25, -0.2) is 9.97 Å². The molecular formula is C20H24N4O2S. The van der Waals surface area contributed by atoms with E-state index in [0.29, 0.717) is 12.5 Å². The minimum Gasteiger partial charge on any atom is -0.466 e. The number of nitrogens with one attached hydrogen (secondary N) is 1. The molecule has 0 saturated carbocycles. The lowest BCUT2D eigenvalue weighted by molar-refractivity contribution is -0.148. The first-order chi connectivity index (χ1) is 13.1. The highest BCUT2D eigenvalue weighted by atomic mass is 32.2. The SMILES string of the molecule is CCOC(=O)C(C)CC1CN(Cc2ccc3c(c2)Nc2nccnc2S3)C1. The largest absolute Gasteiger partial charge is 0.466 e. The Bertz CT molecular complexity index is 838. The summed E-state index contributed by atoms with van der Waals surface area (Å²) < 4.78 is 5.10. The number of rotatable bonds is 6. The maximum atomic E-state index is 11.8. The summed E-state index contributed by atoms with van der Waals surface area (Å²) in [6, 6.07) is 6.54. The van der Waals surface area contributed by atoms with Crippen LogP contribution in [0.25, 0.3) is 0 Å². The molecule has 1 aromatic heterocycles. The second-order valence-corrected chi connectivity index (χ2v) is 8.25. The normalized spacial score (nSPS) is 17.3. The molecule has 0 radical (unpaired) electrons. The van der Waals surface area contributed by atoms with Crippen LogP contribution in [0.15, 0.2) is 40.5 Å². The van der Waals surface area contributed by atoms with E-state index in [0.717, 1.165) is 42.6 Å². The van der Waals surface area contributed by atoms with Gasteiger partial charge in [0.05, 0.1) is 18.2 Å². The molecule has 6 nitrogen and oxygen atoms in total. The molecule has 2 aliphatic heterocycles. The quantitative estimate of drug-likeness (QED) is 0.650. The zero-order chi connectivity index (χ0) is 18.8. The molecule has 0 amide bonds. The summed E-state index contributed by atoms with van der Waals surface area (Å²) in [6.45, 7) is 7.29. The van der Waals surface area contributed by atoms with Crippen molar-refractivity contribution in [1.29, 1.82) is 0 Å². The van der Waals surface area contributed by atoms with Gasteiger partial charge in [-0.15, -0.1) is 0 Å². The van der Waals surface area contributed by atoms with Crippen LogP contribution < -0.4 is 5.32 Å². The molecule has 27 heavy (non-hydrogen) atoms. The van der Waals surface area contributed by atoms with Gasteiger partial charge in [0.1, 0.15) is 5.03 Å². The van der Waals surface area contributed by atoms with E-state index in [1.165, 1.54) is 10.5 Å². The van der Waals surface area contributed by atoms with Crippen molar-refractivity contribution in [2.75, 3.05) is 25.0 Å². The van der Waals surface area contributed by atoms with Crippen LogP contribution >= 0.6 is 11.8 Å². The van der Waals surface area contributed by atoms with E-state index in [4.69, 9.17) is 4.74 Å². The molecule has 4 rings (SSSR count). The number of likely N-dealkylation sites (tertiary alicyclic amines) is 1. The third-order valence-electron chi connectivity index (χ3n) is 4.98. The summed E-state index contributed by atoms with van der Waals surface area (Å²) in [4.78, 5) is 24.1. The van der Waals surface area contributed by atoms with Gasteiger partial charge in [-0.3, -0.25) is 9.69 Å². The van der Waals surface area contributed by atoms with Crippen molar-refractivity contribution in [3.63, 3.8) is 0 Å². The van der Waals surface area contributed by atoms with Crippen LogP contribution in [0, 0.1) is 11.8 Å². The van der Waals surface area contributed by atoms with E-state index >= 15 is 0 Å². The molecule has 1 aromatic carbocycles. The maximum absolute atomic E-state index is 11.8. The molecule has 2 aromatic rings. The van der Waals surface area contributed by atoms with E-state index in [-0.39, 0.29) is 11.9 Å². The van der Waals surface area contributed by atoms with Gasteiger partial charge in [0, 0.05) is 36.9 Å². The predicted molar refractivity (Wildman–Crippen MR) is 105 cm³/mol. The molecule has 1 atom stereocenters. The Morgan fingerprint density at radius 2 is 2.19 bits per heavy atom. The first kappa shape index (κ1) is 18.3. The highest BCUT2D eigenvalue weighted by Crippen LogP contribution is 2.42. The zero-order valence-electron chi connectivity index (χ0n) is 15.6. The van der Waals surface area contributed by atoms with Crippen molar-refractivity contribution < 1.29 is 9.53 Å². The highest BCUT2D eigenvalue weighted by molar-refractivity contribution is 7.99. The number of hydrogen-bond acceptors (Lipinski definition) is 7. The van der Waals surface area contributed by atoms with Gasteiger partial charge >= 0.3 is 5.97 Å². The lowest BCUT2D eigenvalue weighted by Crippen LogP contribution is -2.46. The molecule has 142 valence electrons. The summed E-state index contributed by atoms with van der Waals surface area (Å²) >= 11 is 1.65. The van der Waals surface area contributed by atoms with Gasteiger partial charge in [-0.2, -0.15) is 0 Å². The van der Waals surface area contributed by atoms with Gasteiger partial charge in [-0.1, -0.05) is 24.8 Å². The molecule has 0 aliphatic carbocycles. The molecule has 2 aliphatic rings. The molecule has 1 N–H and O–H groups in total. The number of ether oxygens (including phenoxy) is 1. The van der Waals surface area contributed by atoms with Crippen molar-refractivity contribution in [3.05, 3.63) is 36.2 Å². The van der Waals surface area contributed by atoms with Crippen molar-refractivity contribution in [3.8, 4) is 0 Å². The predicted octanol–water partition coefficient (Wildman–Crippen LogP) is 3.71. The number of hydrogen-bond donors (Lipinski definition) is 1. The molecule has 0 bridgehead atoms. The second-order valence-electron chi connectivity index (χ2n) is 7.22. The maximum Gasteiger partial charge on any atom is 0.308 e. The number of nitrogens with zero attached hydrogens (tertiary/aromatic N) is 3. The Morgan fingerprint density at radius 3 is 3.00 bits per heavy atom. The summed E-state index contributed by atoms with van der Waals surface area (Å²) in [5, 5.41) is 4.30. The monoisotopic (exact) mass is 384 g/mol. The smallest absolute Gasteiger partial charge is 0.308 e. The minimum absolute atomic E-state index is 0.0109. The number of benzene rings is 1. The van der Waals surface area contributed by atoms with Crippen LogP contribution in [0.1, 0.15) is 25.8 Å². The van der Waals surface area contributed by atoms with Crippen LogP contribution in [-0.4, -0.2) is 40.5 Å². The van der Waals surface area contributed by atoms with Crippen LogP contribution in [0.2, 0.25) is 0 Å². The number of anilines is 2. The molecule has 1 fully saturated rings. The number of fused-ring (bicyclic) bond motifs is 2. The van der Waals surface area contributed by atoms with Gasteiger partial charge < -0.3 is 10.1 Å². The number of aromatic nitrogens is 2. The van der Waals surface area contributed by atoms with Crippen LogP contribution in [0.3, 0.4) is 0 Å². The Hall–Kier alpha value is -2.12. The Morgan fingerprint density at radius 1 is 1.37 bits per heavy atom. The van der Waals surface area contributed by atoms with E-state index in [1.807, 2.05) is 13.8 Å². The van der Waals surface area contributed by atoms with E-state index in [2.05, 4.69) is 38.4 Å². The summed E-state index contributed by atoms with van der Waals surface area (Å²) in [5.74, 6) is 1.32. The molecular weight excluding hydrogens is 360 g/mol. The van der Waals surface area contributed by atoms with Gasteiger partial charge in [-0.05, 0) is 37.0 Å². The van der Waals surface area contributed by atoms with Gasteiger partial charge in [0.15, 0.2) is 5.82 Å². The Labute approximate surface area is 163 Å². The fraction of sp³-hybridized carbons (Fsp3) is 0.450. The lowest BCUT2D eigenvalue weighted by Gasteiger charge is -2.40. The lowest BCUT2D eigenvalue weighted by atomic mass is 9.89. The van der Waals surface area contributed by atoms with Crippen LogP contribution in [-0.2, 0) is 16.1 Å². The zero-order valence-corrected chi connectivity index (χ0v) is 16.5. The third kappa shape index (κ3) is 4.09. The molecule has 3 heterocycles. The molecule has 1 saturated heterocycles. The average Bonchev–Trinajstić information content (AvgIpc) is 2.64. The summed E-state index contributed by atoms with van der Waals surface area (Å²) in [5.41, 5.74) is 2.38. The fourth-order valence-electron chi connectivity index (χ4n) is 3.67. The minimum atomic E-state index is -0.0717. The number of carbonyl (C=O) groups is 1. The van der Waals surface area contributed by atoms with Gasteiger partial charge in [0.2, 0.25) is 0 Å². The van der Waals surface area contributed by atoms with Crippen LogP contribution in [0.4, 0.5) is 11.5 Å².